The van der Waals surface area contributed by atoms with Crippen molar-refractivity contribution in [2.75, 3.05) is 0 Å². The quantitative estimate of drug-likeness (QED) is 0.621. The lowest BCUT2D eigenvalue weighted by atomic mass is 10.0. The first-order valence-corrected chi connectivity index (χ1v) is 7.36. The average molecular weight is 278 g/mol. The molecule has 0 bridgehead atoms. The molecule has 0 aliphatic carbocycles. The molecule has 0 heterocycles. The minimum Gasteiger partial charge on any atom is -0.473 e. The molecule has 0 radical (unpaired) electrons. The largest absolute Gasteiger partial charge is 0.473 e. The number of allylic oxidation sites excluding steroid dienone is 2. The van der Waals surface area contributed by atoms with Crippen LogP contribution in [0.2, 0.25) is 0 Å². The highest BCUT2D eigenvalue weighted by atomic mass is 16.5. The summed E-state index contributed by atoms with van der Waals surface area (Å²) in [5.74, 6) is 0.706. The summed E-state index contributed by atoms with van der Waals surface area (Å²) in [4.78, 5) is 0. The van der Waals surface area contributed by atoms with Crippen LogP contribution in [-0.2, 0) is 4.74 Å². The van der Waals surface area contributed by atoms with Gasteiger partial charge >= 0.3 is 0 Å². The van der Waals surface area contributed by atoms with Gasteiger partial charge in [0.15, 0.2) is 0 Å². The topological polar surface area (TPSA) is 9.23 Å². The van der Waals surface area contributed by atoms with E-state index in [2.05, 4.69) is 74.5 Å². The molecule has 2 unspecified atom stereocenters. The number of benzene rings is 2. The molecule has 21 heavy (non-hydrogen) atoms. The maximum absolute atomic E-state index is 5.46. The van der Waals surface area contributed by atoms with Gasteiger partial charge in [0.25, 0.3) is 0 Å². The van der Waals surface area contributed by atoms with Gasteiger partial charge in [0, 0.05) is 11.8 Å². The molecule has 0 saturated heterocycles. The molecule has 0 aliphatic heterocycles. The third-order valence-corrected chi connectivity index (χ3v) is 3.54. The Kier molecular flexibility index (Phi) is 5.83. The first-order chi connectivity index (χ1) is 10.3. The van der Waals surface area contributed by atoms with Crippen molar-refractivity contribution in [3.63, 3.8) is 0 Å². The Bertz CT molecular complexity index is 516. The van der Waals surface area contributed by atoms with Crippen molar-refractivity contribution >= 4 is 0 Å². The first-order valence-electron chi connectivity index (χ1n) is 7.36. The lowest BCUT2D eigenvalue weighted by Crippen LogP contribution is -1.89. The first kappa shape index (κ1) is 15.1. The minimum absolute atomic E-state index is 0.353. The van der Waals surface area contributed by atoms with Gasteiger partial charge in [0.2, 0.25) is 0 Å². The molecular formula is C20H22O. The monoisotopic (exact) mass is 278 g/mol. The Balaban J connectivity index is 1.81. The van der Waals surface area contributed by atoms with E-state index in [0.29, 0.717) is 11.8 Å². The predicted octanol–water partition coefficient (Wildman–Crippen LogP) is 5.64. The molecule has 0 aliphatic rings. The standard InChI is InChI=1S/C20H22O/c1-17(19-9-5-3-6-10-19)13-15-21-16-14-18(2)20-11-7-4-8-12-20/h3-18H,1-2H3/b15-13-,16-14-. The van der Waals surface area contributed by atoms with Gasteiger partial charge in [-0.25, -0.2) is 0 Å². The van der Waals surface area contributed by atoms with Crippen LogP contribution in [0.1, 0.15) is 36.8 Å². The normalized spacial score (nSPS) is 14.4. The van der Waals surface area contributed by atoms with E-state index in [0.717, 1.165) is 0 Å². The summed E-state index contributed by atoms with van der Waals surface area (Å²) in [6.07, 6.45) is 7.64. The van der Waals surface area contributed by atoms with Crippen LogP contribution in [0.15, 0.2) is 85.3 Å². The van der Waals surface area contributed by atoms with E-state index in [1.54, 1.807) is 12.5 Å². The fourth-order valence-corrected chi connectivity index (χ4v) is 2.11. The number of hydrogen-bond donors (Lipinski definition) is 0. The average Bonchev–Trinajstić information content (AvgIpc) is 2.55. The van der Waals surface area contributed by atoms with Crippen molar-refractivity contribution in [2.24, 2.45) is 0 Å². The second kappa shape index (κ2) is 8.11. The fraction of sp³-hybridized carbons (Fsp3) is 0.200. The van der Waals surface area contributed by atoms with Crippen molar-refractivity contribution in [1.29, 1.82) is 0 Å². The number of ether oxygens (including phenoxy) is 1. The smallest absolute Gasteiger partial charge is 0.0867 e. The highest BCUT2D eigenvalue weighted by molar-refractivity contribution is 5.23. The van der Waals surface area contributed by atoms with Crippen molar-refractivity contribution in [3.05, 3.63) is 96.5 Å². The van der Waals surface area contributed by atoms with E-state index in [4.69, 9.17) is 4.74 Å². The molecule has 2 rings (SSSR count). The molecule has 0 N–H and O–H groups in total. The molecule has 0 fully saturated rings. The summed E-state index contributed by atoms with van der Waals surface area (Å²) < 4.78 is 5.46. The molecule has 0 spiro atoms. The minimum atomic E-state index is 0.353. The summed E-state index contributed by atoms with van der Waals surface area (Å²) in [6.45, 7) is 4.32. The predicted molar refractivity (Wildman–Crippen MR) is 89.1 cm³/mol. The maximum atomic E-state index is 5.46. The Labute approximate surface area is 127 Å². The number of hydrogen-bond acceptors (Lipinski definition) is 1. The van der Waals surface area contributed by atoms with Crippen LogP contribution < -0.4 is 0 Å². The molecule has 1 nitrogen and oxygen atoms in total. The van der Waals surface area contributed by atoms with Gasteiger partial charge in [-0.2, -0.15) is 0 Å². The van der Waals surface area contributed by atoms with Gasteiger partial charge in [-0.3, -0.25) is 0 Å². The van der Waals surface area contributed by atoms with Crippen LogP contribution in [-0.4, -0.2) is 0 Å². The molecular weight excluding hydrogens is 256 g/mol. The van der Waals surface area contributed by atoms with Crippen LogP contribution in [0, 0.1) is 0 Å². The fourth-order valence-electron chi connectivity index (χ4n) is 2.11. The Morgan fingerprint density at radius 2 is 1.05 bits per heavy atom. The van der Waals surface area contributed by atoms with Gasteiger partial charge in [0.1, 0.15) is 0 Å². The van der Waals surface area contributed by atoms with Gasteiger partial charge in [0.05, 0.1) is 12.5 Å². The Morgan fingerprint density at radius 3 is 1.43 bits per heavy atom. The van der Waals surface area contributed by atoms with Gasteiger partial charge in [-0.1, -0.05) is 74.5 Å². The van der Waals surface area contributed by atoms with Crippen LogP contribution in [0.3, 0.4) is 0 Å². The van der Waals surface area contributed by atoms with Crippen molar-refractivity contribution in [3.8, 4) is 0 Å². The van der Waals surface area contributed by atoms with Gasteiger partial charge in [-0.05, 0) is 23.3 Å². The highest BCUT2D eigenvalue weighted by Gasteiger charge is 2.00. The number of rotatable bonds is 6. The lowest BCUT2D eigenvalue weighted by Gasteiger charge is -2.06. The zero-order valence-electron chi connectivity index (χ0n) is 12.6. The second-order valence-corrected chi connectivity index (χ2v) is 5.19. The summed E-state index contributed by atoms with van der Waals surface area (Å²) in [6, 6.07) is 20.8. The van der Waals surface area contributed by atoms with Gasteiger partial charge in [-0.15, -0.1) is 0 Å². The summed E-state index contributed by atoms with van der Waals surface area (Å²) in [7, 11) is 0. The molecule has 2 atom stereocenters. The molecule has 0 aromatic heterocycles. The van der Waals surface area contributed by atoms with Crippen molar-refractivity contribution < 1.29 is 4.74 Å². The molecule has 0 amide bonds. The van der Waals surface area contributed by atoms with E-state index in [9.17, 15) is 0 Å². The zero-order chi connectivity index (χ0) is 14.9. The van der Waals surface area contributed by atoms with E-state index in [-0.39, 0.29) is 0 Å². The third kappa shape index (κ3) is 4.96. The molecule has 1 heteroatoms. The van der Waals surface area contributed by atoms with Crippen molar-refractivity contribution in [1.82, 2.24) is 0 Å². The van der Waals surface area contributed by atoms with Crippen LogP contribution in [0.4, 0.5) is 0 Å². The highest BCUT2D eigenvalue weighted by Crippen LogP contribution is 2.17. The zero-order valence-corrected chi connectivity index (χ0v) is 12.6. The third-order valence-electron chi connectivity index (χ3n) is 3.54. The van der Waals surface area contributed by atoms with E-state index in [1.165, 1.54) is 11.1 Å². The summed E-state index contributed by atoms with van der Waals surface area (Å²) in [5, 5.41) is 0. The van der Waals surface area contributed by atoms with E-state index in [1.807, 2.05) is 12.1 Å². The Morgan fingerprint density at radius 1 is 0.667 bits per heavy atom. The lowest BCUT2D eigenvalue weighted by molar-refractivity contribution is 0.397. The SMILES string of the molecule is CC(/C=C\O/C=C\C(C)c1ccccc1)c1ccccc1. The molecule has 0 saturated carbocycles. The van der Waals surface area contributed by atoms with Crippen molar-refractivity contribution in [2.45, 2.75) is 25.7 Å². The van der Waals surface area contributed by atoms with Crippen LogP contribution >= 0.6 is 0 Å². The molecule has 2 aromatic rings. The molecule has 108 valence electrons. The van der Waals surface area contributed by atoms with E-state index < -0.39 is 0 Å². The molecule has 2 aromatic carbocycles. The summed E-state index contributed by atoms with van der Waals surface area (Å²) in [5.41, 5.74) is 2.58. The van der Waals surface area contributed by atoms with Crippen LogP contribution in [0.25, 0.3) is 0 Å². The van der Waals surface area contributed by atoms with Crippen LogP contribution in [0.5, 0.6) is 0 Å². The van der Waals surface area contributed by atoms with Gasteiger partial charge < -0.3 is 4.74 Å². The second-order valence-electron chi connectivity index (χ2n) is 5.19. The van der Waals surface area contributed by atoms with E-state index >= 15 is 0 Å². The Hall–Kier alpha value is -2.28. The maximum Gasteiger partial charge on any atom is 0.0867 e. The summed E-state index contributed by atoms with van der Waals surface area (Å²) >= 11 is 0.